The Morgan fingerprint density at radius 3 is 2.14 bits per heavy atom. The molecule has 0 aliphatic rings. The molecular weight excluding hydrogens is 258 g/mol. The van der Waals surface area contributed by atoms with Crippen molar-refractivity contribution >= 4 is 5.69 Å². The normalized spacial score (nSPS) is 13.1. The standard InChI is InChI=1S/C18H25N3/c1-18(2,3)14-10-8-13(9-11-14)12-17(21-20)15-6-4-5-7-16(15)19/h4-11,17,21H,12,19-20H2,1-3H3. The molecule has 1 atom stereocenters. The number of hydrazine groups is 1. The number of nitrogen functional groups attached to an aromatic ring is 1. The van der Waals surface area contributed by atoms with Gasteiger partial charge in [-0.3, -0.25) is 11.3 Å². The summed E-state index contributed by atoms with van der Waals surface area (Å²) < 4.78 is 0. The zero-order chi connectivity index (χ0) is 15.5. The Bertz CT molecular complexity index is 582. The first-order valence-corrected chi connectivity index (χ1v) is 7.32. The predicted molar refractivity (Wildman–Crippen MR) is 89.8 cm³/mol. The average Bonchev–Trinajstić information content (AvgIpc) is 2.45. The summed E-state index contributed by atoms with van der Waals surface area (Å²) in [5, 5.41) is 0. The van der Waals surface area contributed by atoms with E-state index in [1.165, 1.54) is 11.1 Å². The van der Waals surface area contributed by atoms with Crippen LogP contribution in [0.1, 0.15) is 43.5 Å². The number of benzene rings is 2. The van der Waals surface area contributed by atoms with E-state index in [4.69, 9.17) is 11.6 Å². The zero-order valence-corrected chi connectivity index (χ0v) is 13.1. The summed E-state index contributed by atoms with van der Waals surface area (Å²) in [6.07, 6.45) is 0.815. The molecule has 5 N–H and O–H groups in total. The van der Waals surface area contributed by atoms with Crippen molar-refractivity contribution in [1.29, 1.82) is 0 Å². The van der Waals surface area contributed by atoms with Crippen LogP contribution >= 0.6 is 0 Å². The first-order chi connectivity index (χ1) is 9.91. The Hall–Kier alpha value is -1.84. The highest BCUT2D eigenvalue weighted by atomic mass is 15.2. The molecule has 0 radical (unpaired) electrons. The lowest BCUT2D eigenvalue weighted by Gasteiger charge is -2.21. The summed E-state index contributed by atoms with van der Waals surface area (Å²) in [5.74, 6) is 5.72. The van der Waals surface area contributed by atoms with Crippen LogP contribution in [0.25, 0.3) is 0 Å². The van der Waals surface area contributed by atoms with Gasteiger partial charge in [-0.2, -0.15) is 0 Å². The first kappa shape index (κ1) is 15.5. The van der Waals surface area contributed by atoms with Gasteiger partial charge < -0.3 is 5.73 Å². The smallest absolute Gasteiger partial charge is 0.0520 e. The van der Waals surface area contributed by atoms with Crippen molar-refractivity contribution in [2.45, 2.75) is 38.6 Å². The van der Waals surface area contributed by atoms with E-state index in [1.807, 2.05) is 24.3 Å². The molecular formula is C18H25N3. The number of anilines is 1. The molecule has 0 aliphatic carbocycles. The lowest BCUT2D eigenvalue weighted by molar-refractivity contribution is 0.552. The van der Waals surface area contributed by atoms with E-state index in [1.54, 1.807) is 0 Å². The minimum Gasteiger partial charge on any atom is -0.398 e. The largest absolute Gasteiger partial charge is 0.398 e. The molecule has 2 aromatic rings. The fourth-order valence-corrected chi connectivity index (χ4v) is 2.46. The van der Waals surface area contributed by atoms with Crippen molar-refractivity contribution in [2.75, 3.05) is 5.73 Å². The molecule has 3 heteroatoms. The van der Waals surface area contributed by atoms with Gasteiger partial charge in [0.2, 0.25) is 0 Å². The Labute approximate surface area is 127 Å². The molecule has 0 fully saturated rings. The van der Waals surface area contributed by atoms with Gasteiger partial charge in [-0.25, -0.2) is 0 Å². The number of hydrogen-bond donors (Lipinski definition) is 3. The first-order valence-electron chi connectivity index (χ1n) is 7.32. The number of nitrogens with two attached hydrogens (primary N) is 2. The van der Waals surface area contributed by atoms with Crippen LogP contribution < -0.4 is 17.0 Å². The molecule has 0 saturated heterocycles. The van der Waals surface area contributed by atoms with Crippen LogP contribution in [-0.4, -0.2) is 0 Å². The van der Waals surface area contributed by atoms with E-state index in [0.717, 1.165) is 17.7 Å². The second kappa shape index (κ2) is 6.29. The number of rotatable bonds is 4. The molecule has 2 rings (SSSR count). The van der Waals surface area contributed by atoms with E-state index in [0.29, 0.717) is 0 Å². The fraction of sp³-hybridized carbons (Fsp3) is 0.333. The van der Waals surface area contributed by atoms with Crippen LogP contribution in [0.2, 0.25) is 0 Å². The summed E-state index contributed by atoms with van der Waals surface area (Å²) >= 11 is 0. The van der Waals surface area contributed by atoms with E-state index in [9.17, 15) is 0 Å². The van der Waals surface area contributed by atoms with Gasteiger partial charge in [0.05, 0.1) is 6.04 Å². The Morgan fingerprint density at radius 1 is 1.00 bits per heavy atom. The van der Waals surface area contributed by atoms with Crippen molar-refractivity contribution in [3.05, 3.63) is 65.2 Å². The highest BCUT2D eigenvalue weighted by Crippen LogP contribution is 2.25. The molecule has 0 saturated carbocycles. The van der Waals surface area contributed by atoms with Crippen molar-refractivity contribution in [2.24, 2.45) is 5.84 Å². The molecule has 0 bridgehead atoms. The molecule has 1 unspecified atom stereocenters. The number of hydrogen-bond acceptors (Lipinski definition) is 3. The summed E-state index contributed by atoms with van der Waals surface area (Å²) in [6.45, 7) is 6.66. The molecule has 0 spiro atoms. The lowest BCUT2D eigenvalue weighted by Crippen LogP contribution is -2.30. The van der Waals surface area contributed by atoms with Gasteiger partial charge in [-0.1, -0.05) is 63.2 Å². The third-order valence-corrected chi connectivity index (χ3v) is 3.83. The van der Waals surface area contributed by atoms with Crippen LogP contribution in [0.5, 0.6) is 0 Å². The minimum atomic E-state index is 0.0201. The molecule has 0 aromatic heterocycles. The maximum atomic E-state index is 6.04. The second-order valence-corrected chi connectivity index (χ2v) is 6.50. The topological polar surface area (TPSA) is 64.1 Å². The third kappa shape index (κ3) is 3.84. The van der Waals surface area contributed by atoms with Crippen LogP contribution in [-0.2, 0) is 11.8 Å². The summed E-state index contributed by atoms with van der Waals surface area (Å²) in [6, 6.07) is 16.6. The maximum Gasteiger partial charge on any atom is 0.0520 e. The highest BCUT2D eigenvalue weighted by molar-refractivity contribution is 5.48. The van der Waals surface area contributed by atoms with Crippen LogP contribution in [0, 0.1) is 0 Å². The van der Waals surface area contributed by atoms with E-state index in [2.05, 4.69) is 50.5 Å². The van der Waals surface area contributed by atoms with Gasteiger partial charge in [0.15, 0.2) is 0 Å². The van der Waals surface area contributed by atoms with Gasteiger partial charge in [0.25, 0.3) is 0 Å². The van der Waals surface area contributed by atoms with Crippen molar-refractivity contribution < 1.29 is 0 Å². The monoisotopic (exact) mass is 283 g/mol. The average molecular weight is 283 g/mol. The fourth-order valence-electron chi connectivity index (χ4n) is 2.46. The van der Waals surface area contributed by atoms with Crippen molar-refractivity contribution in [3.8, 4) is 0 Å². The van der Waals surface area contributed by atoms with Crippen molar-refractivity contribution in [1.82, 2.24) is 5.43 Å². The predicted octanol–water partition coefficient (Wildman–Crippen LogP) is 3.31. The third-order valence-electron chi connectivity index (χ3n) is 3.83. The second-order valence-electron chi connectivity index (χ2n) is 6.50. The van der Waals surface area contributed by atoms with E-state index in [-0.39, 0.29) is 11.5 Å². The van der Waals surface area contributed by atoms with Gasteiger partial charge in [-0.15, -0.1) is 0 Å². The molecule has 0 heterocycles. The number of para-hydroxylation sites is 1. The lowest BCUT2D eigenvalue weighted by atomic mass is 9.86. The number of nitrogens with one attached hydrogen (secondary N) is 1. The molecule has 2 aromatic carbocycles. The molecule has 0 aliphatic heterocycles. The molecule has 112 valence electrons. The molecule has 3 nitrogen and oxygen atoms in total. The molecule has 21 heavy (non-hydrogen) atoms. The summed E-state index contributed by atoms with van der Waals surface area (Å²) in [7, 11) is 0. The van der Waals surface area contributed by atoms with Crippen molar-refractivity contribution in [3.63, 3.8) is 0 Å². The minimum absolute atomic E-state index is 0.0201. The van der Waals surface area contributed by atoms with E-state index < -0.39 is 0 Å². The SMILES string of the molecule is CC(C)(C)c1ccc(CC(NN)c2ccccc2N)cc1. The van der Waals surface area contributed by atoms with Gasteiger partial charge >= 0.3 is 0 Å². The van der Waals surface area contributed by atoms with E-state index >= 15 is 0 Å². The van der Waals surface area contributed by atoms with Gasteiger partial charge in [-0.05, 0) is 34.6 Å². The van der Waals surface area contributed by atoms with Crippen LogP contribution in [0.3, 0.4) is 0 Å². The Morgan fingerprint density at radius 2 is 1.62 bits per heavy atom. The van der Waals surface area contributed by atoms with Gasteiger partial charge in [0, 0.05) is 5.69 Å². The van der Waals surface area contributed by atoms with Gasteiger partial charge in [0.1, 0.15) is 0 Å². The maximum absolute atomic E-state index is 6.04. The Kier molecular flexibility index (Phi) is 4.66. The Balaban J connectivity index is 2.18. The molecule has 0 amide bonds. The summed E-state index contributed by atoms with van der Waals surface area (Å²) in [4.78, 5) is 0. The zero-order valence-electron chi connectivity index (χ0n) is 13.1. The summed E-state index contributed by atoms with van der Waals surface area (Å²) in [5.41, 5.74) is 13.5. The van der Waals surface area contributed by atoms with Crippen LogP contribution in [0.15, 0.2) is 48.5 Å². The highest BCUT2D eigenvalue weighted by Gasteiger charge is 2.15. The van der Waals surface area contributed by atoms with Crippen LogP contribution in [0.4, 0.5) is 5.69 Å². The quantitative estimate of drug-likeness (QED) is 0.458.